The minimum Gasteiger partial charge on any atom is -0.457 e. The van der Waals surface area contributed by atoms with E-state index in [4.69, 9.17) is 19.1 Å². The lowest BCUT2D eigenvalue weighted by Crippen LogP contribution is -2.23. The van der Waals surface area contributed by atoms with Gasteiger partial charge in [0.05, 0.1) is 0 Å². The minimum atomic E-state index is -0.565. The number of ether oxygens (including phenoxy) is 2. The van der Waals surface area contributed by atoms with Crippen LogP contribution in [0.2, 0.25) is 0 Å². The summed E-state index contributed by atoms with van der Waals surface area (Å²) >= 11 is 0.922. The number of benzene rings is 2. The van der Waals surface area contributed by atoms with Crippen molar-refractivity contribution in [1.82, 2.24) is 5.32 Å². The second-order valence-electron chi connectivity index (χ2n) is 5.83. The van der Waals surface area contributed by atoms with Gasteiger partial charge < -0.3 is 14.8 Å². The van der Waals surface area contributed by atoms with E-state index in [1.807, 2.05) is 37.3 Å². The Morgan fingerprint density at radius 1 is 1.07 bits per heavy atom. The highest BCUT2D eigenvalue weighted by molar-refractivity contribution is 8.13. The summed E-state index contributed by atoms with van der Waals surface area (Å²) in [6.45, 7) is 3.73. The number of carbonyl (C=O) groups is 3. The van der Waals surface area contributed by atoms with Gasteiger partial charge in [0.2, 0.25) is 5.91 Å². The number of aryl methyl sites for hydroxylation is 1. The topological polar surface area (TPSA) is 116 Å². The molecule has 0 bridgehead atoms. The van der Waals surface area contributed by atoms with Crippen molar-refractivity contribution in [3.8, 4) is 5.75 Å². The number of rotatable bonds is 7. The molecular weight excluding hydrogens is 410 g/mol. The van der Waals surface area contributed by atoms with E-state index in [9.17, 15) is 14.4 Å². The van der Waals surface area contributed by atoms with E-state index >= 15 is 0 Å². The van der Waals surface area contributed by atoms with Gasteiger partial charge in [-0.2, -0.15) is 9.59 Å². The van der Waals surface area contributed by atoms with Gasteiger partial charge in [0, 0.05) is 19.2 Å². The molecule has 2 aromatic rings. The number of amides is 1. The summed E-state index contributed by atoms with van der Waals surface area (Å²) < 4.78 is 10.6. The van der Waals surface area contributed by atoms with Gasteiger partial charge in [0.1, 0.15) is 17.9 Å². The summed E-state index contributed by atoms with van der Waals surface area (Å²) in [5.74, 6) is -0.195. The van der Waals surface area contributed by atoms with Crippen LogP contribution in [0.5, 0.6) is 5.75 Å². The Bertz CT molecular complexity index is 893. The first kappa shape index (κ1) is 24.6. The standard InChI is InChI=1S/C20H21NO5S.CO2/c1-14-8-9-17(19(23)25-13-16-6-4-3-5-7-16)18(12-14)26-20(24)27-11-10-21-15(2)22;2-1-3/h3-9,12H,10-11,13H2,1-2H3,(H,21,22);. The quantitative estimate of drug-likeness (QED) is 0.525. The van der Waals surface area contributed by atoms with Crippen molar-refractivity contribution in [2.45, 2.75) is 20.5 Å². The number of carbonyl (C=O) groups excluding carboxylic acids is 5. The molecule has 0 unspecified atom stereocenters. The third kappa shape index (κ3) is 9.68. The third-order valence-electron chi connectivity index (χ3n) is 3.46. The highest BCUT2D eigenvalue weighted by Gasteiger charge is 2.17. The largest absolute Gasteiger partial charge is 0.457 e. The molecule has 0 heterocycles. The summed E-state index contributed by atoms with van der Waals surface area (Å²) in [5.41, 5.74) is 1.90. The van der Waals surface area contributed by atoms with E-state index in [2.05, 4.69) is 5.32 Å². The third-order valence-corrected chi connectivity index (χ3v) is 4.19. The average molecular weight is 431 g/mol. The van der Waals surface area contributed by atoms with Crippen molar-refractivity contribution in [2.24, 2.45) is 0 Å². The second kappa shape index (κ2) is 13.7. The Morgan fingerprint density at radius 2 is 1.73 bits per heavy atom. The fraction of sp³-hybridized carbons (Fsp3) is 0.238. The van der Waals surface area contributed by atoms with Crippen molar-refractivity contribution in [2.75, 3.05) is 12.3 Å². The van der Waals surface area contributed by atoms with Gasteiger partial charge in [0.25, 0.3) is 0 Å². The maximum absolute atomic E-state index is 12.4. The van der Waals surface area contributed by atoms with E-state index < -0.39 is 11.3 Å². The molecule has 158 valence electrons. The molecule has 1 amide bonds. The molecule has 0 aliphatic rings. The van der Waals surface area contributed by atoms with E-state index in [1.165, 1.54) is 6.92 Å². The predicted octanol–water partition coefficient (Wildman–Crippen LogP) is 3.14. The minimum absolute atomic E-state index is 0.131. The zero-order chi connectivity index (χ0) is 22.4. The summed E-state index contributed by atoms with van der Waals surface area (Å²) in [4.78, 5) is 51.5. The molecule has 9 heteroatoms. The molecule has 0 fully saturated rings. The maximum Gasteiger partial charge on any atom is 0.373 e. The Balaban J connectivity index is 0.00000141. The van der Waals surface area contributed by atoms with Gasteiger partial charge in [-0.25, -0.2) is 9.59 Å². The van der Waals surface area contributed by atoms with Gasteiger partial charge in [-0.1, -0.05) is 36.4 Å². The summed E-state index contributed by atoms with van der Waals surface area (Å²) in [6.07, 6.45) is 0.250. The molecule has 0 saturated heterocycles. The molecule has 0 aromatic heterocycles. The normalized spacial score (nSPS) is 9.40. The molecular formula is C21H21NO7S. The highest BCUT2D eigenvalue weighted by atomic mass is 32.2. The molecule has 0 radical (unpaired) electrons. The molecule has 0 atom stereocenters. The fourth-order valence-electron chi connectivity index (χ4n) is 2.16. The van der Waals surface area contributed by atoms with Gasteiger partial charge in [-0.3, -0.25) is 4.79 Å². The zero-order valence-electron chi connectivity index (χ0n) is 16.5. The highest BCUT2D eigenvalue weighted by Crippen LogP contribution is 2.24. The average Bonchev–Trinajstić information content (AvgIpc) is 2.71. The maximum atomic E-state index is 12.4. The first-order chi connectivity index (χ1) is 14.4. The number of nitrogens with one attached hydrogen (secondary N) is 1. The van der Waals surface area contributed by atoms with Crippen molar-refractivity contribution < 1.29 is 33.4 Å². The number of esters is 1. The summed E-state index contributed by atoms with van der Waals surface area (Å²) in [6, 6.07) is 14.3. The first-order valence-electron chi connectivity index (χ1n) is 8.77. The van der Waals surface area contributed by atoms with Gasteiger partial charge >= 0.3 is 17.4 Å². The van der Waals surface area contributed by atoms with Crippen LogP contribution in [-0.4, -0.2) is 35.6 Å². The first-order valence-corrected chi connectivity index (χ1v) is 9.76. The Labute approximate surface area is 177 Å². The van der Waals surface area contributed by atoms with Crippen molar-refractivity contribution in [3.63, 3.8) is 0 Å². The number of hydrogen-bond acceptors (Lipinski definition) is 8. The fourth-order valence-corrected chi connectivity index (χ4v) is 2.68. The number of thioether (sulfide) groups is 1. The molecule has 0 saturated carbocycles. The molecule has 0 spiro atoms. The predicted molar refractivity (Wildman–Crippen MR) is 109 cm³/mol. The Kier molecular flexibility index (Phi) is 11.2. The van der Waals surface area contributed by atoms with Crippen molar-refractivity contribution >= 4 is 35.1 Å². The van der Waals surface area contributed by atoms with Crippen LogP contribution in [0.4, 0.5) is 4.79 Å². The van der Waals surface area contributed by atoms with Gasteiger partial charge in [-0.05, 0) is 41.9 Å². The molecule has 30 heavy (non-hydrogen) atoms. The second-order valence-corrected chi connectivity index (χ2v) is 6.86. The molecule has 0 aliphatic carbocycles. The lowest BCUT2D eigenvalue weighted by Gasteiger charge is -2.11. The van der Waals surface area contributed by atoms with E-state index in [-0.39, 0.29) is 30.0 Å². The summed E-state index contributed by atoms with van der Waals surface area (Å²) in [5, 5.41) is 2.04. The van der Waals surface area contributed by atoms with E-state index in [1.54, 1.807) is 18.2 Å². The van der Waals surface area contributed by atoms with Crippen molar-refractivity contribution in [1.29, 1.82) is 0 Å². The molecule has 2 aromatic carbocycles. The molecule has 8 nitrogen and oxygen atoms in total. The lowest BCUT2D eigenvalue weighted by molar-refractivity contribution is -0.191. The number of hydrogen-bond donors (Lipinski definition) is 1. The van der Waals surface area contributed by atoms with Crippen LogP contribution in [0, 0.1) is 6.92 Å². The monoisotopic (exact) mass is 431 g/mol. The van der Waals surface area contributed by atoms with Crippen LogP contribution in [0.25, 0.3) is 0 Å². The SMILES string of the molecule is CC(=O)NCCSC(=O)Oc1cc(C)ccc1C(=O)OCc1ccccc1.O=C=O. The summed E-state index contributed by atoms with van der Waals surface area (Å²) in [7, 11) is 0. The Morgan fingerprint density at radius 3 is 2.37 bits per heavy atom. The van der Waals surface area contributed by atoms with E-state index in [0.717, 1.165) is 22.9 Å². The molecule has 2 rings (SSSR count). The van der Waals surface area contributed by atoms with Crippen LogP contribution >= 0.6 is 11.8 Å². The zero-order valence-corrected chi connectivity index (χ0v) is 17.3. The molecule has 1 N–H and O–H groups in total. The van der Waals surface area contributed by atoms with Crippen LogP contribution in [-0.2, 0) is 25.7 Å². The van der Waals surface area contributed by atoms with E-state index in [0.29, 0.717) is 12.3 Å². The Hall–Kier alpha value is -3.42. The van der Waals surface area contributed by atoms with Crippen LogP contribution in [0.1, 0.15) is 28.4 Å². The van der Waals surface area contributed by atoms with Gasteiger partial charge in [0.15, 0.2) is 0 Å². The van der Waals surface area contributed by atoms with Gasteiger partial charge in [-0.15, -0.1) is 0 Å². The molecule has 0 aliphatic heterocycles. The van der Waals surface area contributed by atoms with Crippen molar-refractivity contribution in [3.05, 3.63) is 65.2 Å². The van der Waals surface area contributed by atoms with Crippen LogP contribution in [0.3, 0.4) is 0 Å². The van der Waals surface area contributed by atoms with Crippen LogP contribution in [0.15, 0.2) is 48.5 Å². The van der Waals surface area contributed by atoms with Crippen LogP contribution < -0.4 is 10.1 Å². The smallest absolute Gasteiger partial charge is 0.373 e. The lowest BCUT2D eigenvalue weighted by atomic mass is 10.1.